The Labute approximate surface area is 140 Å². The Morgan fingerprint density at radius 3 is 2.60 bits per heavy atom. The lowest BCUT2D eigenvalue weighted by Crippen LogP contribution is -2.22. The first kappa shape index (κ1) is 17.1. The Hall–Kier alpha value is -2.78. The minimum Gasteiger partial charge on any atom is -0.338 e. The van der Waals surface area contributed by atoms with Crippen molar-refractivity contribution in [3.63, 3.8) is 0 Å². The normalized spacial score (nSPS) is 12.6. The summed E-state index contributed by atoms with van der Waals surface area (Å²) in [6, 6.07) is 1.92. The second-order valence-corrected chi connectivity index (χ2v) is 6.04. The molecule has 0 amide bonds. The molecule has 3 aromatic rings. The quantitative estimate of drug-likeness (QED) is 0.718. The Morgan fingerprint density at radius 2 is 1.96 bits per heavy atom. The smallest absolute Gasteiger partial charge is 0.338 e. The summed E-state index contributed by atoms with van der Waals surface area (Å²) in [5.74, 6) is 1.19. The minimum absolute atomic E-state index is 0.177. The number of nitrogens with zero attached hydrogens (tertiary/aromatic N) is 6. The second-order valence-electron chi connectivity index (χ2n) is 6.04. The number of alkyl halides is 3. The van der Waals surface area contributed by atoms with Crippen LogP contribution < -0.4 is 0 Å². The van der Waals surface area contributed by atoms with E-state index in [2.05, 4.69) is 25.2 Å². The van der Waals surface area contributed by atoms with Gasteiger partial charge in [0.1, 0.15) is 12.2 Å². The van der Waals surface area contributed by atoms with E-state index >= 15 is 0 Å². The summed E-state index contributed by atoms with van der Waals surface area (Å²) in [6.45, 7) is 3.35. The zero-order valence-electron chi connectivity index (χ0n) is 13.7. The van der Waals surface area contributed by atoms with Crippen LogP contribution >= 0.6 is 0 Å². The van der Waals surface area contributed by atoms with E-state index in [4.69, 9.17) is 4.52 Å². The molecule has 0 spiro atoms. The lowest BCUT2D eigenvalue weighted by molar-refractivity contribution is -0.137. The predicted molar refractivity (Wildman–Crippen MR) is 79.5 cm³/mol. The molecule has 0 fully saturated rings. The second kappa shape index (κ2) is 5.94. The zero-order chi connectivity index (χ0) is 18.2. The molecular formula is C15H15F3N6O. The third-order valence-electron chi connectivity index (χ3n) is 3.85. The Morgan fingerprint density at radius 1 is 1.20 bits per heavy atom. The van der Waals surface area contributed by atoms with Gasteiger partial charge in [-0.05, 0) is 26.0 Å². The Balaban J connectivity index is 1.89. The molecule has 10 heteroatoms. The number of hydrogen-bond acceptors (Lipinski definition) is 6. The van der Waals surface area contributed by atoms with Crippen molar-refractivity contribution in [1.82, 2.24) is 29.9 Å². The predicted octanol–water partition coefficient (Wildman–Crippen LogP) is 2.53. The molecule has 7 nitrogen and oxygen atoms in total. The van der Waals surface area contributed by atoms with Gasteiger partial charge in [0, 0.05) is 13.2 Å². The van der Waals surface area contributed by atoms with E-state index in [-0.39, 0.29) is 11.6 Å². The van der Waals surface area contributed by atoms with E-state index in [1.165, 1.54) is 6.33 Å². The summed E-state index contributed by atoms with van der Waals surface area (Å²) in [7, 11) is 1.74. The summed E-state index contributed by atoms with van der Waals surface area (Å²) in [5.41, 5.74) is -1.56. The highest BCUT2D eigenvalue weighted by molar-refractivity contribution is 5.28. The highest BCUT2D eigenvalue weighted by Crippen LogP contribution is 2.34. The van der Waals surface area contributed by atoms with E-state index < -0.39 is 17.2 Å². The molecule has 25 heavy (non-hydrogen) atoms. The van der Waals surface area contributed by atoms with Gasteiger partial charge >= 0.3 is 6.18 Å². The molecule has 0 radical (unpaired) electrons. The first-order valence-corrected chi connectivity index (χ1v) is 7.37. The summed E-state index contributed by atoms with van der Waals surface area (Å²) in [4.78, 5) is 12.4. The van der Waals surface area contributed by atoms with E-state index in [0.29, 0.717) is 18.1 Å². The van der Waals surface area contributed by atoms with Crippen LogP contribution in [0.1, 0.15) is 42.6 Å². The fourth-order valence-corrected chi connectivity index (χ4v) is 2.26. The summed E-state index contributed by atoms with van der Waals surface area (Å²) in [5, 5.41) is 7.83. The van der Waals surface area contributed by atoms with Crippen molar-refractivity contribution in [2.24, 2.45) is 7.05 Å². The van der Waals surface area contributed by atoms with E-state index in [1.807, 2.05) is 0 Å². The zero-order valence-corrected chi connectivity index (χ0v) is 13.7. The number of aryl methyl sites for hydroxylation is 1. The molecule has 0 bridgehead atoms. The summed E-state index contributed by atoms with van der Waals surface area (Å²) in [6.07, 6.45) is -1.62. The van der Waals surface area contributed by atoms with Gasteiger partial charge in [-0.15, -0.1) is 0 Å². The molecule has 132 valence electrons. The van der Waals surface area contributed by atoms with Crippen LogP contribution in [0.5, 0.6) is 0 Å². The van der Waals surface area contributed by atoms with Crippen LogP contribution in [0.4, 0.5) is 13.2 Å². The average molecular weight is 352 g/mol. The van der Waals surface area contributed by atoms with Crippen molar-refractivity contribution in [3.8, 4) is 0 Å². The van der Waals surface area contributed by atoms with Crippen LogP contribution in [0.15, 0.2) is 29.2 Å². The summed E-state index contributed by atoms with van der Waals surface area (Å²) >= 11 is 0. The van der Waals surface area contributed by atoms with E-state index in [1.54, 1.807) is 25.6 Å². The number of aromatic nitrogens is 6. The average Bonchev–Trinajstić information content (AvgIpc) is 3.17. The van der Waals surface area contributed by atoms with Gasteiger partial charge in [-0.1, -0.05) is 5.16 Å². The van der Waals surface area contributed by atoms with Crippen molar-refractivity contribution in [3.05, 3.63) is 53.5 Å². The SMILES string of the molecule is Cn1ncnc1Cc1noc(C(C)(C)c2cc(C(F)(F)F)ccn2)n1. The number of rotatable bonds is 4. The fraction of sp³-hybridized carbons (Fsp3) is 0.400. The van der Waals surface area contributed by atoms with E-state index in [0.717, 1.165) is 18.3 Å². The van der Waals surface area contributed by atoms with Crippen molar-refractivity contribution in [2.75, 3.05) is 0 Å². The molecule has 3 rings (SSSR count). The monoisotopic (exact) mass is 352 g/mol. The molecule has 3 aromatic heterocycles. The topological polar surface area (TPSA) is 82.5 Å². The lowest BCUT2D eigenvalue weighted by Gasteiger charge is -2.20. The maximum atomic E-state index is 12.9. The van der Waals surface area contributed by atoms with Gasteiger partial charge in [0.05, 0.1) is 23.1 Å². The van der Waals surface area contributed by atoms with Gasteiger partial charge in [0.2, 0.25) is 5.89 Å². The fourth-order valence-electron chi connectivity index (χ4n) is 2.26. The first-order chi connectivity index (χ1) is 11.7. The standard InChI is InChI=1S/C15H15F3N6O/c1-14(2,10-6-9(4-5-19-10)15(16,17)18)13-22-11(23-25-13)7-12-20-8-21-24(12)3/h4-6,8H,7H2,1-3H3. The largest absolute Gasteiger partial charge is 0.416 e. The van der Waals surface area contributed by atoms with Crippen molar-refractivity contribution < 1.29 is 17.7 Å². The van der Waals surface area contributed by atoms with Crippen LogP contribution in [-0.4, -0.2) is 29.9 Å². The van der Waals surface area contributed by atoms with Gasteiger partial charge in [-0.2, -0.15) is 23.3 Å². The molecule has 0 saturated carbocycles. The highest BCUT2D eigenvalue weighted by atomic mass is 19.4. The number of halogens is 3. The van der Waals surface area contributed by atoms with Crippen LogP contribution in [0.25, 0.3) is 0 Å². The van der Waals surface area contributed by atoms with Gasteiger partial charge in [0.15, 0.2) is 5.82 Å². The molecular weight excluding hydrogens is 337 g/mol. The molecule has 0 aliphatic rings. The van der Waals surface area contributed by atoms with Crippen LogP contribution in [-0.2, 0) is 25.1 Å². The Bertz CT molecular complexity index is 883. The maximum Gasteiger partial charge on any atom is 0.416 e. The van der Waals surface area contributed by atoms with Gasteiger partial charge < -0.3 is 4.52 Å². The lowest BCUT2D eigenvalue weighted by atomic mass is 9.88. The maximum absolute atomic E-state index is 12.9. The van der Waals surface area contributed by atoms with Crippen molar-refractivity contribution >= 4 is 0 Å². The molecule has 0 aliphatic heterocycles. The van der Waals surface area contributed by atoms with Crippen LogP contribution in [0.3, 0.4) is 0 Å². The molecule has 3 heterocycles. The van der Waals surface area contributed by atoms with Gasteiger partial charge in [0.25, 0.3) is 0 Å². The van der Waals surface area contributed by atoms with E-state index in [9.17, 15) is 13.2 Å². The molecule has 0 aromatic carbocycles. The van der Waals surface area contributed by atoms with Crippen LogP contribution in [0, 0.1) is 0 Å². The van der Waals surface area contributed by atoms with Crippen molar-refractivity contribution in [1.29, 1.82) is 0 Å². The number of pyridine rings is 1. The van der Waals surface area contributed by atoms with Gasteiger partial charge in [-0.25, -0.2) is 4.98 Å². The third kappa shape index (κ3) is 3.37. The molecule has 0 saturated heterocycles. The summed E-state index contributed by atoms with van der Waals surface area (Å²) < 4.78 is 45.6. The molecule has 0 atom stereocenters. The third-order valence-corrected chi connectivity index (χ3v) is 3.85. The molecule has 0 unspecified atom stereocenters. The first-order valence-electron chi connectivity index (χ1n) is 7.37. The Kier molecular flexibility index (Phi) is 4.05. The highest BCUT2D eigenvalue weighted by Gasteiger charge is 2.36. The van der Waals surface area contributed by atoms with Gasteiger partial charge in [-0.3, -0.25) is 9.67 Å². The molecule has 0 aliphatic carbocycles. The van der Waals surface area contributed by atoms with Crippen LogP contribution in [0.2, 0.25) is 0 Å². The number of hydrogen-bond donors (Lipinski definition) is 0. The minimum atomic E-state index is -4.45. The van der Waals surface area contributed by atoms with Crippen molar-refractivity contribution in [2.45, 2.75) is 31.9 Å². The molecule has 0 N–H and O–H groups in total.